The van der Waals surface area contributed by atoms with Gasteiger partial charge in [0, 0.05) is 11.8 Å². The predicted octanol–water partition coefficient (Wildman–Crippen LogP) is 4.43. The van der Waals surface area contributed by atoms with Crippen LogP contribution < -0.4 is 4.90 Å². The highest BCUT2D eigenvalue weighted by Crippen LogP contribution is 2.61. The number of rotatable bonds is 2. The van der Waals surface area contributed by atoms with Crippen molar-refractivity contribution in [2.75, 3.05) is 4.90 Å². The topological polar surface area (TPSA) is 74.7 Å². The summed E-state index contributed by atoms with van der Waals surface area (Å²) in [6.07, 6.45) is 0. The van der Waals surface area contributed by atoms with E-state index in [-0.39, 0.29) is 39.9 Å². The van der Waals surface area contributed by atoms with E-state index in [1.807, 2.05) is 48.5 Å². The predicted molar refractivity (Wildman–Crippen MR) is 114 cm³/mol. The van der Waals surface area contributed by atoms with Gasteiger partial charge in [-0.15, -0.1) is 0 Å². The minimum absolute atomic E-state index is 0.0237. The average molecular weight is 430 g/mol. The number of anilines is 1. The number of carbonyl (C=O) groups excluding carboxylic acids is 2. The standard InChI is InChI=1S/C25H16ClNO4/c26-17-10-9-12(25(30)31)11-18(17)27-23(28)21-19-13-5-1-2-6-14(13)20(22(21)24(27)29)16-8-4-3-7-15(16)19/h1-11,19-22H,(H,30,31)/t19?,20?,21-,22-/m1/s1. The Labute approximate surface area is 182 Å². The summed E-state index contributed by atoms with van der Waals surface area (Å²) in [4.78, 5) is 40.0. The van der Waals surface area contributed by atoms with E-state index in [1.54, 1.807) is 0 Å². The smallest absolute Gasteiger partial charge is 0.335 e. The summed E-state index contributed by atoms with van der Waals surface area (Å²) in [6.45, 7) is 0. The molecule has 0 radical (unpaired) electrons. The van der Waals surface area contributed by atoms with Gasteiger partial charge in [0.15, 0.2) is 0 Å². The van der Waals surface area contributed by atoms with Crippen molar-refractivity contribution < 1.29 is 19.5 Å². The number of nitrogens with zero attached hydrogens (tertiary/aromatic N) is 1. The number of carboxylic acids is 1. The fraction of sp³-hybridized carbons (Fsp3) is 0.160. The average Bonchev–Trinajstić information content (AvgIpc) is 3.05. The summed E-state index contributed by atoms with van der Waals surface area (Å²) in [5.41, 5.74) is 4.45. The molecule has 5 nitrogen and oxygen atoms in total. The first-order chi connectivity index (χ1) is 15.0. The van der Waals surface area contributed by atoms with Crippen LogP contribution >= 0.6 is 11.6 Å². The number of imide groups is 1. The van der Waals surface area contributed by atoms with Crippen LogP contribution in [0.5, 0.6) is 0 Å². The molecule has 3 aromatic rings. The molecule has 1 heterocycles. The molecule has 7 rings (SSSR count). The van der Waals surface area contributed by atoms with Crippen molar-refractivity contribution in [2.45, 2.75) is 11.8 Å². The van der Waals surface area contributed by atoms with Crippen LogP contribution in [-0.4, -0.2) is 22.9 Å². The zero-order valence-electron chi connectivity index (χ0n) is 16.2. The molecule has 2 atom stereocenters. The Balaban J connectivity index is 1.56. The first-order valence-electron chi connectivity index (χ1n) is 10.1. The van der Waals surface area contributed by atoms with Crippen molar-refractivity contribution in [3.63, 3.8) is 0 Å². The maximum atomic E-state index is 13.7. The first-order valence-corrected chi connectivity index (χ1v) is 10.4. The van der Waals surface area contributed by atoms with Crippen LogP contribution in [0.4, 0.5) is 5.69 Å². The molecule has 3 aromatic carbocycles. The number of carbonyl (C=O) groups is 3. The van der Waals surface area contributed by atoms with E-state index in [4.69, 9.17) is 11.6 Å². The third kappa shape index (κ3) is 2.29. The molecule has 0 saturated carbocycles. The first kappa shape index (κ1) is 18.3. The number of carboxylic acid groups (broad SMARTS) is 1. The van der Waals surface area contributed by atoms with Crippen LogP contribution in [0.25, 0.3) is 0 Å². The van der Waals surface area contributed by atoms with Gasteiger partial charge in [-0.3, -0.25) is 9.59 Å². The number of hydrogen-bond donors (Lipinski definition) is 1. The minimum atomic E-state index is -1.14. The van der Waals surface area contributed by atoms with Gasteiger partial charge < -0.3 is 5.11 Å². The Hall–Kier alpha value is -3.44. The summed E-state index contributed by atoms with van der Waals surface area (Å²) >= 11 is 6.34. The molecule has 6 heteroatoms. The molecule has 1 fully saturated rings. The van der Waals surface area contributed by atoms with E-state index in [0.29, 0.717) is 0 Å². The quantitative estimate of drug-likeness (QED) is 0.611. The maximum Gasteiger partial charge on any atom is 0.335 e. The van der Waals surface area contributed by atoms with Crippen LogP contribution in [0.2, 0.25) is 5.02 Å². The normalized spacial score (nSPS) is 25.3. The van der Waals surface area contributed by atoms with E-state index < -0.39 is 17.8 Å². The Bertz CT molecular complexity index is 1200. The van der Waals surface area contributed by atoms with Crippen molar-refractivity contribution in [3.05, 3.63) is 99.6 Å². The molecule has 0 unspecified atom stereocenters. The summed E-state index contributed by atoms with van der Waals surface area (Å²) < 4.78 is 0. The lowest BCUT2D eigenvalue weighted by Gasteiger charge is -2.45. The molecule has 152 valence electrons. The van der Waals surface area contributed by atoms with Gasteiger partial charge in [0.05, 0.1) is 28.1 Å². The lowest BCUT2D eigenvalue weighted by Crippen LogP contribution is -2.41. The Morgan fingerprint density at radius 3 is 1.65 bits per heavy atom. The molecule has 1 aliphatic heterocycles. The Morgan fingerprint density at radius 2 is 1.23 bits per heavy atom. The molecule has 3 aliphatic carbocycles. The molecule has 1 N–H and O–H groups in total. The Kier molecular flexibility index (Phi) is 3.72. The molecular formula is C25H16ClNO4. The highest BCUT2D eigenvalue weighted by molar-refractivity contribution is 6.36. The molecule has 4 aliphatic rings. The van der Waals surface area contributed by atoms with Crippen LogP contribution in [-0.2, 0) is 9.59 Å². The molecule has 31 heavy (non-hydrogen) atoms. The molecular weight excluding hydrogens is 414 g/mol. The van der Waals surface area contributed by atoms with Crippen molar-refractivity contribution in [1.82, 2.24) is 0 Å². The number of aromatic carboxylic acids is 1. The van der Waals surface area contributed by atoms with Crippen molar-refractivity contribution in [3.8, 4) is 0 Å². The van der Waals surface area contributed by atoms with E-state index >= 15 is 0 Å². The molecule has 1 saturated heterocycles. The van der Waals surface area contributed by atoms with Crippen LogP contribution in [0, 0.1) is 11.8 Å². The summed E-state index contributed by atoms with van der Waals surface area (Å²) in [5.74, 6) is -3.29. The largest absolute Gasteiger partial charge is 0.478 e. The molecule has 2 bridgehead atoms. The van der Waals surface area contributed by atoms with Gasteiger partial charge in [-0.2, -0.15) is 0 Å². The van der Waals surface area contributed by atoms with E-state index in [1.165, 1.54) is 18.2 Å². The van der Waals surface area contributed by atoms with Gasteiger partial charge in [-0.1, -0.05) is 60.1 Å². The zero-order chi connectivity index (χ0) is 21.4. The van der Waals surface area contributed by atoms with Gasteiger partial charge in [0.1, 0.15) is 0 Å². The van der Waals surface area contributed by atoms with Crippen molar-refractivity contribution in [1.29, 1.82) is 0 Å². The van der Waals surface area contributed by atoms with Crippen molar-refractivity contribution in [2.24, 2.45) is 11.8 Å². The SMILES string of the molecule is O=C(O)c1ccc(Cl)c(N2C(=O)[C@@H]3C4c5ccccc5C(c5ccccc54)[C@H]3C2=O)c1. The fourth-order valence-corrected chi connectivity index (χ4v) is 5.93. The zero-order valence-corrected chi connectivity index (χ0v) is 16.9. The summed E-state index contributed by atoms with van der Waals surface area (Å²) in [5, 5.41) is 9.55. The number of hydrogen-bond acceptors (Lipinski definition) is 3. The van der Waals surface area contributed by atoms with E-state index in [9.17, 15) is 19.5 Å². The highest BCUT2D eigenvalue weighted by atomic mass is 35.5. The third-order valence-corrected chi connectivity index (χ3v) is 7.20. The van der Waals surface area contributed by atoms with Crippen LogP contribution in [0.1, 0.15) is 44.4 Å². The van der Waals surface area contributed by atoms with Crippen LogP contribution in [0.15, 0.2) is 66.7 Å². The monoisotopic (exact) mass is 429 g/mol. The van der Waals surface area contributed by atoms with Gasteiger partial charge in [0.2, 0.25) is 11.8 Å². The number of amides is 2. The second kappa shape index (κ2) is 6.28. The second-order valence-corrected chi connectivity index (χ2v) is 8.66. The van der Waals surface area contributed by atoms with Crippen molar-refractivity contribution >= 4 is 35.1 Å². The lowest BCUT2D eigenvalue weighted by molar-refractivity contribution is -0.122. The number of halogens is 1. The summed E-state index contributed by atoms with van der Waals surface area (Å²) in [6, 6.07) is 20.1. The van der Waals surface area contributed by atoms with E-state index in [0.717, 1.165) is 27.2 Å². The molecule has 0 aromatic heterocycles. The van der Waals surface area contributed by atoms with Crippen LogP contribution in [0.3, 0.4) is 0 Å². The molecule has 0 spiro atoms. The van der Waals surface area contributed by atoms with Gasteiger partial charge in [-0.05, 0) is 40.5 Å². The third-order valence-electron chi connectivity index (χ3n) is 6.88. The van der Waals surface area contributed by atoms with Gasteiger partial charge in [0.25, 0.3) is 0 Å². The minimum Gasteiger partial charge on any atom is -0.478 e. The molecule has 2 amide bonds. The number of benzene rings is 3. The summed E-state index contributed by atoms with van der Waals surface area (Å²) in [7, 11) is 0. The second-order valence-electron chi connectivity index (χ2n) is 8.25. The highest BCUT2D eigenvalue weighted by Gasteiger charge is 2.61. The maximum absolute atomic E-state index is 13.7. The Morgan fingerprint density at radius 1 is 0.774 bits per heavy atom. The lowest BCUT2D eigenvalue weighted by atomic mass is 9.55. The van der Waals surface area contributed by atoms with Gasteiger partial charge in [-0.25, -0.2) is 9.69 Å². The van der Waals surface area contributed by atoms with E-state index in [2.05, 4.69) is 0 Å². The van der Waals surface area contributed by atoms with Gasteiger partial charge >= 0.3 is 5.97 Å². The fourth-order valence-electron chi connectivity index (χ4n) is 5.73.